The van der Waals surface area contributed by atoms with Gasteiger partial charge in [0, 0.05) is 6.04 Å². The minimum atomic E-state index is -3.88. The number of carbonyl (C=O) groups is 1. The maximum absolute atomic E-state index is 12.4. The van der Waals surface area contributed by atoms with Crippen LogP contribution < -0.4 is 9.46 Å². The zero-order valence-electron chi connectivity index (χ0n) is 17.3. The van der Waals surface area contributed by atoms with E-state index in [9.17, 15) is 21.6 Å². The molecule has 0 spiro atoms. The fourth-order valence-electron chi connectivity index (χ4n) is 3.33. The number of hydrogen-bond acceptors (Lipinski definition) is 7. The summed E-state index contributed by atoms with van der Waals surface area (Å²) in [7, 11) is -7.08. The third-order valence-corrected chi connectivity index (χ3v) is 8.23. The molecule has 0 saturated carbocycles. The van der Waals surface area contributed by atoms with Gasteiger partial charge in [-0.05, 0) is 55.7 Å². The summed E-state index contributed by atoms with van der Waals surface area (Å²) >= 11 is 0. The first-order valence-corrected chi connectivity index (χ1v) is 13.1. The number of hydrogen-bond donors (Lipinski definition) is 1. The number of aryl methyl sites for hydroxylation is 2. The Morgan fingerprint density at radius 1 is 1.06 bits per heavy atom. The van der Waals surface area contributed by atoms with Crippen molar-refractivity contribution < 1.29 is 31.1 Å². The molecule has 0 radical (unpaired) electrons. The molecule has 2 aromatic rings. The van der Waals surface area contributed by atoms with Crippen LogP contribution in [0.4, 0.5) is 0 Å². The number of sulfone groups is 1. The van der Waals surface area contributed by atoms with Crippen molar-refractivity contribution in [2.45, 2.75) is 31.2 Å². The molecule has 0 bridgehead atoms. The molecular weight excluding hydrogens is 442 g/mol. The summed E-state index contributed by atoms with van der Waals surface area (Å²) in [4.78, 5) is 12.1. The Balaban J connectivity index is 1.52. The molecule has 1 unspecified atom stereocenters. The molecule has 1 saturated heterocycles. The minimum Gasteiger partial charge on any atom is -0.489 e. The molecule has 0 aliphatic carbocycles. The van der Waals surface area contributed by atoms with Crippen LogP contribution in [0.5, 0.6) is 5.75 Å². The lowest BCUT2D eigenvalue weighted by atomic mass is 10.1. The standard InChI is InChI=1S/C21H25NO7S2/c1-15-4-3-5-16(2)20(15)28-11-12-29-21(23)17-6-8-19(9-7-17)31(26,27)22-18-10-13-30(24,25)14-18/h3-9,18,22H,10-14H2,1-2H3. The molecule has 1 heterocycles. The van der Waals surface area contributed by atoms with Crippen molar-refractivity contribution in [1.29, 1.82) is 0 Å². The number of sulfonamides is 1. The fraction of sp³-hybridized carbons (Fsp3) is 0.381. The molecule has 10 heteroatoms. The van der Waals surface area contributed by atoms with Gasteiger partial charge in [0.25, 0.3) is 0 Å². The van der Waals surface area contributed by atoms with Gasteiger partial charge >= 0.3 is 5.97 Å². The molecular formula is C21H25NO7S2. The summed E-state index contributed by atoms with van der Waals surface area (Å²) in [6.45, 7) is 4.11. The van der Waals surface area contributed by atoms with Gasteiger partial charge in [-0.15, -0.1) is 0 Å². The summed E-state index contributed by atoms with van der Waals surface area (Å²) in [6.07, 6.45) is 0.246. The third-order valence-electron chi connectivity index (χ3n) is 4.93. The molecule has 1 atom stereocenters. The third kappa shape index (κ3) is 6.05. The summed E-state index contributed by atoms with van der Waals surface area (Å²) < 4.78 is 61.2. The molecule has 8 nitrogen and oxygen atoms in total. The highest BCUT2D eigenvalue weighted by atomic mass is 32.2. The Kier molecular flexibility index (Phi) is 7.03. The van der Waals surface area contributed by atoms with Gasteiger partial charge in [-0.1, -0.05) is 18.2 Å². The molecule has 168 valence electrons. The second-order valence-electron chi connectivity index (χ2n) is 7.45. The maximum atomic E-state index is 12.4. The van der Waals surface area contributed by atoms with Gasteiger partial charge in [-0.3, -0.25) is 0 Å². The Bertz CT molecular complexity index is 1140. The summed E-state index contributed by atoms with van der Waals surface area (Å²) in [5.74, 6) is -0.0710. The Morgan fingerprint density at radius 3 is 2.29 bits per heavy atom. The van der Waals surface area contributed by atoms with Gasteiger partial charge in [0.05, 0.1) is 22.0 Å². The second kappa shape index (κ2) is 9.37. The molecule has 31 heavy (non-hydrogen) atoms. The molecule has 0 amide bonds. The summed E-state index contributed by atoms with van der Waals surface area (Å²) in [5.41, 5.74) is 2.19. The van der Waals surface area contributed by atoms with Gasteiger partial charge in [-0.25, -0.2) is 26.4 Å². The van der Waals surface area contributed by atoms with Crippen molar-refractivity contribution in [3.8, 4) is 5.75 Å². The number of rotatable bonds is 8. The van der Waals surface area contributed by atoms with Crippen molar-refractivity contribution >= 4 is 25.8 Å². The molecule has 3 rings (SSSR count). The van der Waals surface area contributed by atoms with E-state index in [2.05, 4.69) is 4.72 Å². The predicted molar refractivity (Wildman–Crippen MR) is 116 cm³/mol. The largest absolute Gasteiger partial charge is 0.489 e. The van der Waals surface area contributed by atoms with E-state index < -0.39 is 31.9 Å². The van der Waals surface area contributed by atoms with E-state index >= 15 is 0 Å². The van der Waals surface area contributed by atoms with Crippen LogP contribution in [0.2, 0.25) is 0 Å². The highest BCUT2D eigenvalue weighted by Crippen LogP contribution is 2.22. The van der Waals surface area contributed by atoms with Crippen LogP contribution in [0.1, 0.15) is 27.9 Å². The molecule has 0 aromatic heterocycles. The summed E-state index contributed by atoms with van der Waals surface area (Å²) in [6, 6.07) is 10.5. The molecule has 1 aliphatic rings. The Morgan fingerprint density at radius 2 is 1.71 bits per heavy atom. The molecule has 1 N–H and O–H groups in total. The van der Waals surface area contributed by atoms with Crippen molar-refractivity contribution in [3.63, 3.8) is 0 Å². The lowest BCUT2D eigenvalue weighted by Gasteiger charge is -2.13. The van der Waals surface area contributed by atoms with E-state index in [0.29, 0.717) is 0 Å². The molecule has 2 aromatic carbocycles. The van der Waals surface area contributed by atoms with E-state index in [1.165, 1.54) is 24.3 Å². The summed E-state index contributed by atoms with van der Waals surface area (Å²) in [5, 5.41) is 0. The highest BCUT2D eigenvalue weighted by molar-refractivity contribution is 7.92. The predicted octanol–water partition coefficient (Wildman–Crippen LogP) is 2.00. The van der Waals surface area contributed by atoms with E-state index in [0.717, 1.165) is 16.9 Å². The SMILES string of the molecule is Cc1cccc(C)c1OCCOC(=O)c1ccc(S(=O)(=O)NC2CCS(=O)(=O)C2)cc1. The number of benzene rings is 2. The zero-order chi connectivity index (χ0) is 22.6. The number of para-hydroxylation sites is 1. The average molecular weight is 468 g/mol. The molecule has 1 aliphatic heterocycles. The molecule has 1 fully saturated rings. The van der Waals surface area contributed by atoms with Crippen LogP contribution in [0.25, 0.3) is 0 Å². The second-order valence-corrected chi connectivity index (χ2v) is 11.4. The van der Waals surface area contributed by atoms with Crippen LogP contribution in [-0.4, -0.2) is 53.6 Å². The lowest BCUT2D eigenvalue weighted by molar-refractivity contribution is 0.0449. The van der Waals surface area contributed by atoms with Gasteiger partial charge in [-0.2, -0.15) is 0 Å². The number of nitrogens with one attached hydrogen (secondary N) is 1. The Hall–Kier alpha value is -2.43. The Labute approximate surface area is 182 Å². The lowest BCUT2D eigenvalue weighted by Crippen LogP contribution is -2.35. The van der Waals surface area contributed by atoms with Gasteiger partial charge < -0.3 is 9.47 Å². The topological polar surface area (TPSA) is 116 Å². The van der Waals surface area contributed by atoms with Gasteiger partial charge in [0.2, 0.25) is 10.0 Å². The minimum absolute atomic E-state index is 0.0297. The first kappa shape index (κ1) is 23.2. The van der Waals surface area contributed by atoms with Gasteiger partial charge in [0.15, 0.2) is 9.84 Å². The van der Waals surface area contributed by atoms with Gasteiger partial charge in [0.1, 0.15) is 19.0 Å². The van der Waals surface area contributed by atoms with Crippen molar-refractivity contribution in [2.24, 2.45) is 0 Å². The van der Waals surface area contributed by atoms with Crippen LogP contribution >= 0.6 is 0 Å². The zero-order valence-corrected chi connectivity index (χ0v) is 19.0. The first-order chi connectivity index (χ1) is 14.6. The van der Waals surface area contributed by atoms with E-state index in [1.807, 2.05) is 32.0 Å². The van der Waals surface area contributed by atoms with E-state index in [1.54, 1.807) is 0 Å². The number of carbonyl (C=O) groups excluding carboxylic acids is 1. The van der Waals surface area contributed by atoms with Crippen molar-refractivity contribution in [2.75, 3.05) is 24.7 Å². The first-order valence-electron chi connectivity index (χ1n) is 9.76. The highest BCUT2D eigenvalue weighted by Gasteiger charge is 2.31. The van der Waals surface area contributed by atoms with Crippen LogP contribution in [0.15, 0.2) is 47.4 Å². The normalized spacial score (nSPS) is 17.9. The number of esters is 1. The van der Waals surface area contributed by atoms with Crippen molar-refractivity contribution in [1.82, 2.24) is 4.72 Å². The van der Waals surface area contributed by atoms with Crippen LogP contribution in [0, 0.1) is 13.8 Å². The smallest absolute Gasteiger partial charge is 0.338 e. The van der Waals surface area contributed by atoms with E-state index in [-0.39, 0.29) is 41.6 Å². The van der Waals surface area contributed by atoms with Crippen molar-refractivity contribution in [3.05, 3.63) is 59.2 Å². The van der Waals surface area contributed by atoms with E-state index in [4.69, 9.17) is 9.47 Å². The number of ether oxygens (including phenoxy) is 2. The average Bonchev–Trinajstić information content (AvgIpc) is 3.04. The quantitative estimate of drug-likeness (QED) is 0.466. The van der Waals surface area contributed by atoms with Crippen LogP contribution in [-0.2, 0) is 24.6 Å². The fourth-order valence-corrected chi connectivity index (χ4v) is 6.38. The van der Waals surface area contributed by atoms with Crippen LogP contribution in [0.3, 0.4) is 0 Å². The monoisotopic (exact) mass is 467 g/mol. The maximum Gasteiger partial charge on any atom is 0.338 e.